The van der Waals surface area contributed by atoms with Crippen LogP contribution >= 0.6 is 0 Å². The third kappa shape index (κ3) is 12.9. The van der Waals surface area contributed by atoms with Gasteiger partial charge in [0.1, 0.15) is 0 Å². The third-order valence-corrected chi connectivity index (χ3v) is 3.92. The van der Waals surface area contributed by atoms with Crippen LogP contribution in [0.3, 0.4) is 0 Å². The zero-order chi connectivity index (χ0) is 18.2. The van der Waals surface area contributed by atoms with E-state index >= 15 is 0 Å². The second-order valence-electron chi connectivity index (χ2n) is 6.17. The Morgan fingerprint density at radius 1 is 0.920 bits per heavy atom. The van der Waals surface area contributed by atoms with E-state index in [0.717, 1.165) is 32.1 Å². The lowest BCUT2D eigenvalue weighted by Crippen LogP contribution is -2.29. The number of anilines is 1. The summed E-state index contributed by atoms with van der Waals surface area (Å²) in [6, 6.07) is 3.17. The SMILES string of the molecule is O=C(O)CCCCCCCCCCCCNC(=O)Nc1cccnn1. The van der Waals surface area contributed by atoms with E-state index in [-0.39, 0.29) is 6.03 Å². The topological polar surface area (TPSA) is 104 Å². The van der Waals surface area contributed by atoms with Gasteiger partial charge in [-0.05, 0) is 25.0 Å². The minimum atomic E-state index is -0.694. The summed E-state index contributed by atoms with van der Waals surface area (Å²) in [5.41, 5.74) is 0. The molecule has 0 bridgehead atoms. The summed E-state index contributed by atoms with van der Waals surface area (Å²) in [6.07, 6.45) is 13.0. The van der Waals surface area contributed by atoms with Gasteiger partial charge < -0.3 is 10.4 Å². The first-order chi connectivity index (χ1) is 12.2. The zero-order valence-electron chi connectivity index (χ0n) is 14.9. The van der Waals surface area contributed by atoms with Gasteiger partial charge in [-0.2, -0.15) is 5.10 Å². The van der Waals surface area contributed by atoms with Crippen molar-refractivity contribution in [1.82, 2.24) is 15.5 Å². The summed E-state index contributed by atoms with van der Waals surface area (Å²) in [6.45, 7) is 0.662. The van der Waals surface area contributed by atoms with Crippen LogP contribution in [0.5, 0.6) is 0 Å². The lowest BCUT2D eigenvalue weighted by molar-refractivity contribution is -0.137. The molecule has 7 heteroatoms. The number of amides is 2. The number of unbranched alkanes of at least 4 members (excludes halogenated alkanes) is 9. The largest absolute Gasteiger partial charge is 0.481 e. The second kappa shape index (κ2) is 14.2. The number of carbonyl (C=O) groups excluding carboxylic acids is 1. The van der Waals surface area contributed by atoms with Crippen LogP contribution in [-0.4, -0.2) is 33.8 Å². The summed E-state index contributed by atoms with van der Waals surface area (Å²) in [7, 11) is 0. The molecule has 1 heterocycles. The minimum absolute atomic E-state index is 0.247. The van der Waals surface area contributed by atoms with E-state index in [9.17, 15) is 9.59 Å². The minimum Gasteiger partial charge on any atom is -0.481 e. The Morgan fingerprint density at radius 2 is 1.52 bits per heavy atom. The number of carbonyl (C=O) groups is 2. The number of nitrogens with one attached hydrogen (secondary N) is 2. The van der Waals surface area contributed by atoms with Gasteiger partial charge in [0, 0.05) is 19.2 Å². The highest BCUT2D eigenvalue weighted by Gasteiger charge is 2.01. The number of urea groups is 1. The van der Waals surface area contributed by atoms with Crippen LogP contribution in [0.4, 0.5) is 10.6 Å². The molecular formula is C18H30N4O3. The molecule has 1 aromatic heterocycles. The van der Waals surface area contributed by atoms with Crippen molar-refractivity contribution in [2.75, 3.05) is 11.9 Å². The van der Waals surface area contributed by atoms with E-state index < -0.39 is 5.97 Å². The molecule has 2 amide bonds. The number of rotatable bonds is 14. The van der Waals surface area contributed by atoms with Gasteiger partial charge in [-0.3, -0.25) is 10.1 Å². The predicted octanol–water partition coefficient (Wildman–Crippen LogP) is 3.97. The number of carboxylic acids is 1. The average Bonchev–Trinajstić information content (AvgIpc) is 2.59. The van der Waals surface area contributed by atoms with E-state index in [2.05, 4.69) is 20.8 Å². The maximum absolute atomic E-state index is 11.6. The first-order valence-corrected chi connectivity index (χ1v) is 9.23. The van der Waals surface area contributed by atoms with Gasteiger partial charge in [-0.1, -0.05) is 51.4 Å². The fraction of sp³-hybridized carbons (Fsp3) is 0.667. The zero-order valence-corrected chi connectivity index (χ0v) is 14.9. The van der Waals surface area contributed by atoms with Crippen LogP contribution in [0.2, 0.25) is 0 Å². The first-order valence-electron chi connectivity index (χ1n) is 9.23. The van der Waals surface area contributed by atoms with E-state index in [0.29, 0.717) is 18.8 Å². The molecule has 0 aliphatic carbocycles. The molecule has 0 aromatic carbocycles. The van der Waals surface area contributed by atoms with Gasteiger partial charge >= 0.3 is 12.0 Å². The fourth-order valence-electron chi connectivity index (χ4n) is 2.55. The van der Waals surface area contributed by atoms with Gasteiger partial charge in [0.25, 0.3) is 0 Å². The fourth-order valence-corrected chi connectivity index (χ4v) is 2.55. The predicted molar refractivity (Wildman–Crippen MR) is 97.5 cm³/mol. The number of hydrogen-bond donors (Lipinski definition) is 3. The summed E-state index contributed by atoms with van der Waals surface area (Å²) in [4.78, 5) is 22.0. The van der Waals surface area contributed by atoms with Crippen molar-refractivity contribution in [3.05, 3.63) is 18.3 Å². The summed E-state index contributed by atoms with van der Waals surface area (Å²) in [5, 5.41) is 21.5. The Balaban J connectivity index is 1.81. The van der Waals surface area contributed by atoms with Crippen LogP contribution < -0.4 is 10.6 Å². The van der Waals surface area contributed by atoms with Crippen molar-refractivity contribution < 1.29 is 14.7 Å². The molecule has 0 atom stereocenters. The van der Waals surface area contributed by atoms with Gasteiger partial charge in [0.15, 0.2) is 5.82 Å². The van der Waals surface area contributed by atoms with Crippen molar-refractivity contribution in [2.45, 2.75) is 70.6 Å². The smallest absolute Gasteiger partial charge is 0.320 e. The third-order valence-electron chi connectivity index (χ3n) is 3.92. The van der Waals surface area contributed by atoms with Crippen molar-refractivity contribution in [2.24, 2.45) is 0 Å². The van der Waals surface area contributed by atoms with Gasteiger partial charge in [0.2, 0.25) is 0 Å². The molecule has 140 valence electrons. The molecular weight excluding hydrogens is 320 g/mol. The van der Waals surface area contributed by atoms with Crippen LogP contribution in [0.25, 0.3) is 0 Å². The van der Waals surface area contributed by atoms with Crippen molar-refractivity contribution in [3.8, 4) is 0 Å². The van der Waals surface area contributed by atoms with Crippen LogP contribution in [0.15, 0.2) is 18.3 Å². The monoisotopic (exact) mass is 350 g/mol. The second-order valence-corrected chi connectivity index (χ2v) is 6.17. The van der Waals surface area contributed by atoms with E-state index in [1.807, 2.05) is 0 Å². The Hall–Kier alpha value is -2.18. The highest BCUT2D eigenvalue weighted by molar-refractivity contribution is 5.87. The summed E-state index contributed by atoms with van der Waals surface area (Å²) in [5.74, 6) is -0.247. The number of aliphatic carboxylic acids is 1. The quantitative estimate of drug-likeness (QED) is 0.440. The molecule has 0 saturated heterocycles. The lowest BCUT2D eigenvalue weighted by atomic mass is 10.1. The van der Waals surface area contributed by atoms with Crippen LogP contribution in [0, 0.1) is 0 Å². The number of hydrogen-bond acceptors (Lipinski definition) is 4. The first kappa shape index (κ1) is 20.9. The normalized spacial score (nSPS) is 10.4. The highest BCUT2D eigenvalue weighted by atomic mass is 16.4. The van der Waals surface area contributed by atoms with E-state index in [1.165, 1.54) is 32.1 Å². The molecule has 1 aromatic rings. The summed E-state index contributed by atoms with van der Waals surface area (Å²) >= 11 is 0. The maximum atomic E-state index is 11.6. The van der Waals surface area contributed by atoms with Gasteiger partial charge in [-0.25, -0.2) is 4.79 Å². The molecule has 0 unspecified atom stereocenters. The molecule has 0 aliphatic rings. The Bertz CT molecular complexity index is 482. The average molecular weight is 350 g/mol. The molecule has 0 fully saturated rings. The summed E-state index contributed by atoms with van der Waals surface area (Å²) < 4.78 is 0. The van der Waals surface area contributed by atoms with Crippen molar-refractivity contribution in [3.63, 3.8) is 0 Å². The van der Waals surface area contributed by atoms with Crippen LogP contribution in [0.1, 0.15) is 70.6 Å². The molecule has 25 heavy (non-hydrogen) atoms. The highest BCUT2D eigenvalue weighted by Crippen LogP contribution is 2.11. The van der Waals surface area contributed by atoms with Gasteiger partial charge in [-0.15, -0.1) is 5.10 Å². The van der Waals surface area contributed by atoms with Gasteiger partial charge in [0.05, 0.1) is 0 Å². The maximum Gasteiger partial charge on any atom is 0.320 e. The van der Waals surface area contributed by atoms with Crippen LogP contribution in [-0.2, 0) is 4.79 Å². The van der Waals surface area contributed by atoms with E-state index in [4.69, 9.17) is 5.11 Å². The molecule has 1 rings (SSSR count). The molecule has 0 aliphatic heterocycles. The van der Waals surface area contributed by atoms with Crippen molar-refractivity contribution >= 4 is 17.8 Å². The lowest BCUT2D eigenvalue weighted by Gasteiger charge is -2.06. The van der Waals surface area contributed by atoms with Crippen molar-refractivity contribution in [1.29, 1.82) is 0 Å². The molecule has 0 saturated carbocycles. The Labute approximate surface area is 149 Å². The standard InChI is InChI=1S/C18H30N4O3/c23-17(24)13-9-7-5-3-1-2-4-6-8-10-14-19-18(25)21-16-12-11-15-20-22-16/h11-12,15H,1-10,13-14H2,(H,23,24)(H2,19,21,22,25). The Morgan fingerprint density at radius 3 is 2.08 bits per heavy atom. The molecule has 3 N–H and O–H groups in total. The molecule has 0 radical (unpaired) electrons. The molecule has 0 spiro atoms. The molecule has 7 nitrogen and oxygen atoms in total. The van der Waals surface area contributed by atoms with E-state index in [1.54, 1.807) is 18.3 Å². The Kier molecular flexibility index (Phi) is 11.8. The number of carboxylic acid groups (broad SMARTS) is 1. The number of nitrogens with zero attached hydrogens (tertiary/aromatic N) is 2. The number of aromatic nitrogens is 2.